The van der Waals surface area contributed by atoms with Gasteiger partial charge in [0.25, 0.3) is 0 Å². The van der Waals surface area contributed by atoms with Crippen LogP contribution < -0.4 is 0 Å². The van der Waals surface area contributed by atoms with Crippen molar-refractivity contribution in [3.05, 3.63) is 0 Å². The molecular formula is C16H26O2. The number of carbonyl (C=O) groups excluding carboxylic acids is 2. The first-order chi connectivity index (χ1) is 8.43. The van der Waals surface area contributed by atoms with Gasteiger partial charge < -0.3 is 0 Å². The molecule has 2 nitrogen and oxygen atoms in total. The molecule has 0 spiro atoms. The SMILES string of the molecule is CC1CCC(C)(C)C(=O)C1C(=O)C1CCCCC1. The van der Waals surface area contributed by atoms with Crippen LogP contribution in [0.2, 0.25) is 0 Å². The van der Waals surface area contributed by atoms with Crippen molar-refractivity contribution in [2.45, 2.75) is 65.7 Å². The molecule has 2 saturated carbocycles. The van der Waals surface area contributed by atoms with E-state index < -0.39 is 0 Å². The fourth-order valence-electron chi connectivity index (χ4n) is 3.61. The Bertz CT molecular complexity index is 337. The fraction of sp³-hybridized carbons (Fsp3) is 0.875. The molecule has 18 heavy (non-hydrogen) atoms. The third-order valence-corrected chi connectivity index (χ3v) is 5.06. The predicted octanol–water partition coefficient (Wildman–Crippen LogP) is 3.78. The maximum Gasteiger partial charge on any atom is 0.149 e. The summed E-state index contributed by atoms with van der Waals surface area (Å²) in [6.07, 6.45) is 7.54. The van der Waals surface area contributed by atoms with Crippen molar-refractivity contribution in [2.24, 2.45) is 23.2 Å². The molecule has 102 valence electrons. The topological polar surface area (TPSA) is 34.1 Å². The molecule has 0 aliphatic heterocycles. The quantitative estimate of drug-likeness (QED) is 0.699. The van der Waals surface area contributed by atoms with Crippen LogP contribution in [0.4, 0.5) is 0 Å². The molecular weight excluding hydrogens is 224 g/mol. The largest absolute Gasteiger partial charge is 0.299 e. The summed E-state index contributed by atoms with van der Waals surface area (Å²) in [6.45, 7) is 6.09. The molecule has 0 bridgehead atoms. The number of hydrogen-bond acceptors (Lipinski definition) is 2. The van der Waals surface area contributed by atoms with Crippen LogP contribution >= 0.6 is 0 Å². The van der Waals surface area contributed by atoms with E-state index in [0.717, 1.165) is 38.5 Å². The van der Waals surface area contributed by atoms with Crippen LogP contribution in [0, 0.1) is 23.2 Å². The summed E-state index contributed by atoms with van der Waals surface area (Å²) in [4.78, 5) is 25.2. The van der Waals surface area contributed by atoms with Crippen molar-refractivity contribution in [3.8, 4) is 0 Å². The van der Waals surface area contributed by atoms with Crippen molar-refractivity contribution >= 4 is 11.6 Å². The van der Waals surface area contributed by atoms with E-state index in [2.05, 4.69) is 6.92 Å². The first-order valence-electron chi connectivity index (χ1n) is 7.51. The van der Waals surface area contributed by atoms with Crippen LogP contribution in [-0.4, -0.2) is 11.6 Å². The van der Waals surface area contributed by atoms with Crippen LogP contribution in [0.25, 0.3) is 0 Å². The summed E-state index contributed by atoms with van der Waals surface area (Å²) in [5, 5.41) is 0. The number of hydrogen-bond donors (Lipinski definition) is 0. The van der Waals surface area contributed by atoms with E-state index in [0.29, 0.717) is 0 Å². The van der Waals surface area contributed by atoms with Gasteiger partial charge in [-0.25, -0.2) is 0 Å². The first kappa shape index (κ1) is 13.8. The van der Waals surface area contributed by atoms with Gasteiger partial charge in [0.05, 0.1) is 5.92 Å². The zero-order valence-electron chi connectivity index (χ0n) is 12.0. The minimum absolute atomic E-state index is 0.170. The van der Waals surface area contributed by atoms with E-state index >= 15 is 0 Å². The number of carbonyl (C=O) groups is 2. The molecule has 0 radical (unpaired) electrons. The average molecular weight is 250 g/mol. The molecule has 0 aromatic heterocycles. The molecule has 2 atom stereocenters. The van der Waals surface area contributed by atoms with Crippen molar-refractivity contribution in [2.75, 3.05) is 0 Å². The Balaban J connectivity index is 2.13. The molecule has 0 heterocycles. The molecule has 0 aromatic carbocycles. The van der Waals surface area contributed by atoms with E-state index in [1.54, 1.807) is 0 Å². The highest BCUT2D eigenvalue weighted by Crippen LogP contribution is 2.41. The lowest BCUT2D eigenvalue weighted by Gasteiger charge is -2.38. The average Bonchev–Trinajstić information content (AvgIpc) is 2.36. The fourth-order valence-corrected chi connectivity index (χ4v) is 3.61. The molecule has 2 heteroatoms. The number of ketones is 2. The van der Waals surface area contributed by atoms with E-state index in [9.17, 15) is 9.59 Å². The van der Waals surface area contributed by atoms with Crippen molar-refractivity contribution < 1.29 is 9.59 Å². The Morgan fingerprint density at radius 2 is 1.72 bits per heavy atom. The number of rotatable bonds is 2. The van der Waals surface area contributed by atoms with Gasteiger partial charge in [0, 0.05) is 11.3 Å². The Morgan fingerprint density at radius 3 is 2.33 bits per heavy atom. The monoisotopic (exact) mass is 250 g/mol. The Kier molecular flexibility index (Phi) is 3.93. The van der Waals surface area contributed by atoms with Crippen LogP contribution in [-0.2, 0) is 9.59 Å². The summed E-state index contributed by atoms with van der Waals surface area (Å²) >= 11 is 0. The summed E-state index contributed by atoms with van der Waals surface area (Å²) in [7, 11) is 0. The Labute approximate surface area is 111 Å². The molecule has 2 fully saturated rings. The lowest BCUT2D eigenvalue weighted by atomic mass is 9.63. The van der Waals surface area contributed by atoms with E-state index in [4.69, 9.17) is 0 Å². The lowest BCUT2D eigenvalue weighted by Crippen LogP contribution is -2.45. The van der Waals surface area contributed by atoms with Gasteiger partial charge in [-0.2, -0.15) is 0 Å². The maximum absolute atomic E-state index is 12.6. The standard InChI is InChI=1S/C16H26O2/c1-11-9-10-16(2,3)15(18)13(11)14(17)12-7-5-4-6-8-12/h11-13H,4-10H2,1-3H3. The second-order valence-corrected chi connectivity index (χ2v) is 6.98. The van der Waals surface area contributed by atoms with Gasteiger partial charge in [-0.1, -0.05) is 40.0 Å². The first-order valence-corrected chi connectivity index (χ1v) is 7.51. The van der Waals surface area contributed by atoms with Gasteiger partial charge in [-0.15, -0.1) is 0 Å². The van der Waals surface area contributed by atoms with Crippen LogP contribution in [0.1, 0.15) is 65.7 Å². The van der Waals surface area contributed by atoms with Crippen LogP contribution in [0.15, 0.2) is 0 Å². The molecule has 2 aliphatic rings. The van der Waals surface area contributed by atoms with Crippen LogP contribution in [0.3, 0.4) is 0 Å². The van der Waals surface area contributed by atoms with Gasteiger partial charge in [-0.3, -0.25) is 9.59 Å². The summed E-state index contributed by atoms with van der Waals surface area (Å²) in [6, 6.07) is 0. The normalized spacial score (nSPS) is 33.4. The predicted molar refractivity (Wildman–Crippen MR) is 72.3 cm³/mol. The Morgan fingerprint density at radius 1 is 1.11 bits per heavy atom. The smallest absolute Gasteiger partial charge is 0.149 e. The van der Waals surface area contributed by atoms with E-state index in [1.807, 2.05) is 13.8 Å². The highest BCUT2D eigenvalue weighted by atomic mass is 16.2. The van der Waals surface area contributed by atoms with Gasteiger partial charge in [0.2, 0.25) is 0 Å². The highest BCUT2D eigenvalue weighted by molar-refractivity contribution is 6.06. The zero-order chi connectivity index (χ0) is 13.3. The molecule has 2 unspecified atom stereocenters. The Hall–Kier alpha value is -0.660. The van der Waals surface area contributed by atoms with Gasteiger partial charge in [-0.05, 0) is 31.6 Å². The second kappa shape index (κ2) is 5.14. The highest BCUT2D eigenvalue weighted by Gasteiger charge is 2.46. The molecule has 0 aromatic rings. The lowest BCUT2D eigenvalue weighted by molar-refractivity contribution is -0.146. The maximum atomic E-state index is 12.6. The third kappa shape index (κ3) is 2.53. The minimum atomic E-state index is -0.308. The van der Waals surface area contributed by atoms with Gasteiger partial charge in [0.1, 0.15) is 11.6 Å². The second-order valence-electron chi connectivity index (χ2n) is 6.98. The van der Waals surface area contributed by atoms with E-state index in [1.165, 1.54) is 6.42 Å². The molecule has 2 aliphatic carbocycles. The van der Waals surface area contributed by atoms with Crippen LogP contribution in [0.5, 0.6) is 0 Å². The summed E-state index contributed by atoms with van der Waals surface area (Å²) in [5.74, 6) is 0.581. The number of Topliss-reactive ketones (excluding diaryl/α,β-unsaturated/α-hetero) is 2. The molecule has 2 rings (SSSR count). The molecule has 0 amide bonds. The third-order valence-electron chi connectivity index (χ3n) is 5.06. The summed E-state index contributed by atoms with van der Waals surface area (Å²) in [5.41, 5.74) is -0.290. The van der Waals surface area contributed by atoms with E-state index in [-0.39, 0.29) is 34.7 Å². The van der Waals surface area contributed by atoms with Gasteiger partial charge >= 0.3 is 0 Å². The summed E-state index contributed by atoms with van der Waals surface area (Å²) < 4.78 is 0. The van der Waals surface area contributed by atoms with Crippen molar-refractivity contribution in [1.82, 2.24) is 0 Å². The van der Waals surface area contributed by atoms with Gasteiger partial charge in [0.15, 0.2) is 0 Å². The minimum Gasteiger partial charge on any atom is -0.299 e. The van der Waals surface area contributed by atoms with Crippen molar-refractivity contribution in [3.63, 3.8) is 0 Å². The zero-order valence-corrected chi connectivity index (χ0v) is 12.0. The molecule has 0 saturated heterocycles. The van der Waals surface area contributed by atoms with Crippen molar-refractivity contribution in [1.29, 1.82) is 0 Å². The molecule has 0 N–H and O–H groups in total.